The fourth-order valence-corrected chi connectivity index (χ4v) is 5.67. The number of benzene rings is 4. The number of aryl methyl sites for hydroxylation is 2. The summed E-state index contributed by atoms with van der Waals surface area (Å²) in [6.07, 6.45) is 1.69. The predicted octanol–water partition coefficient (Wildman–Crippen LogP) is 8.64. The summed E-state index contributed by atoms with van der Waals surface area (Å²) in [6.45, 7) is 6.65. The monoisotopic (exact) mass is 612 g/mol. The van der Waals surface area contributed by atoms with Crippen molar-refractivity contribution >= 4 is 39.7 Å². The maximum Gasteiger partial charge on any atom is 0.282 e. The lowest BCUT2D eigenvalue weighted by Gasteiger charge is -2.12. The molecule has 8 heteroatoms. The first-order valence-electron chi connectivity index (χ1n) is 14.6. The standard InChI is InChI=1S/C37H29ClN4O3/c1-23-8-10-26(11-9-23)22-44-31-15-13-30(14-16-31)41-24(2)18-28(25(41)3)21-39-42-36(40-33-7-5-4-6-32(33)37(42)43)35-20-27-19-29(38)12-17-34(27)45-35/h4-21H,22H2,1-3H3. The Balaban J connectivity index is 1.21. The first-order valence-corrected chi connectivity index (χ1v) is 15.0. The highest BCUT2D eigenvalue weighted by Crippen LogP contribution is 2.29. The molecule has 7 nitrogen and oxygen atoms in total. The molecule has 7 rings (SSSR count). The molecule has 0 fully saturated rings. The van der Waals surface area contributed by atoms with Crippen molar-refractivity contribution in [2.75, 3.05) is 0 Å². The normalized spacial score (nSPS) is 11.6. The number of nitrogens with zero attached hydrogens (tertiary/aromatic N) is 4. The van der Waals surface area contributed by atoms with Crippen LogP contribution in [0, 0.1) is 20.8 Å². The lowest BCUT2D eigenvalue weighted by Crippen LogP contribution is -2.20. The van der Waals surface area contributed by atoms with Gasteiger partial charge in [0.2, 0.25) is 5.82 Å². The molecule has 0 amide bonds. The predicted molar refractivity (Wildman–Crippen MR) is 180 cm³/mol. The van der Waals surface area contributed by atoms with Crippen LogP contribution in [0.1, 0.15) is 28.1 Å². The van der Waals surface area contributed by atoms with E-state index in [4.69, 9.17) is 25.7 Å². The molecule has 0 aliphatic carbocycles. The minimum atomic E-state index is -0.291. The van der Waals surface area contributed by atoms with Gasteiger partial charge in [0.15, 0.2) is 5.76 Å². The Morgan fingerprint density at radius 3 is 2.49 bits per heavy atom. The third-order valence-electron chi connectivity index (χ3n) is 7.86. The second kappa shape index (κ2) is 11.6. The van der Waals surface area contributed by atoms with Crippen molar-refractivity contribution in [1.29, 1.82) is 0 Å². The van der Waals surface area contributed by atoms with Crippen LogP contribution < -0.4 is 10.3 Å². The summed E-state index contributed by atoms with van der Waals surface area (Å²) < 4.78 is 15.6. The van der Waals surface area contributed by atoms with Crippen molar-refractivity contribution in [3.63, 3.8) is 0 Å². The average Bonchev–Trinajstić information content (AvgIpc) is 3.59. The Kier molecular flexibility index (Phi) is 7.31. The molecule has 0 aliphatic heterocycles. The quantitative estimate of drug-likeness (QED) is 0.169. The van der Waals surface area contributed by atoms with Gasteiger partial charge in [0.25, 0.3) is 5.56 Å². The molecule has 0 atom stereocenters. The highest BCUT2D eigenvalue weighted by Gasteiger charge is 2.17. The number of rotatable bonds is 7. The molecule has 0 radical (unpaired) electrons. The van der Waals surface area contributed by atoms with Gasteiger partial charge in [0.1, 0.15) is 17.9 Å². The molecule has 0 bridgehead atoms. The third kappa shape index (κ3) is 5.54. The van der Waals surface area contributed by atoms with Crippen LogP contribution in [0.25, 0.3) is 39.1 Å². The summed E-state index contributed by atoms with van der Waals surface area (Å²) >= 11 is 6.20. The van der Waals surface area contributed by atoms with Gasteiger partial charge in [-0.3, -0.25) is 4.79 Å². The zero-order valence-electron chi connectivity index (χ0n) is 25.0. The lowest BCUT2D eigenvalue weighted by atomic mass is 10.2. The lowest BCUT2D eigenvalue weighted by molar-refractivity contribution is 0.306. The number of aromatic nitrogens is 3. The zero-order valence-corrected chi connectivity index (χ0v) is 25.7. The van der Waals surface area contributed by atoms with Gasteiger partial charge >= 0.3 is 0 Å². The molecule has 0 aliphatic rings. The van der Waals surface area contributed by atoms with Crippen LogP contribution in [-0.4, -0.2) is 20.4 Å². The molecule has 3 aromatic heterocycles. The van der Waals surface area contributed by atoms with Crippen LogP contribution >= 0.6 is 11.6 Å². The van der Waals surface area contributed by atoms with Gasteiger partial charge in [0, 0.05) is 33.0 Å². The van der Waals surface area contributed by atoms with Crippen LogP contribution in [0.15, 0.2) is 117 Å². The van der Waals surface area contributed by atoms with Gasteiger partial charge in [-0.1, -0.05) is 53.6 Å². The second-order valence-corrected chi connectivity index (χ2v) is 11.5. The molecule has 3 heterocycles. The molecule has 7 aromatic rings. The number of fused-ring (bicyclic) bond motifs is 2. The van der Waals surface area contributed by atoms with E-state index in [0.29, 0.717) is 39.7 Å². The average molecular weight is 613 g/mol. The highest BCUT2D eigenvalue weighted by molar-refractivity contribution is 6.31. The minimum Gasteiger partial charge on any atom is -0.489 e. The van der Waals surface area contributed by atoms with Crippen molar-refractivity contribution in [3.05, 3.63) is 147 Å². The Hall–Kier alpha value is -5.40. The van der Waals surface area contributed by atoms with Crippen molar-refractivity contribution in [1.82, 2.24) is 14.2 Å². The first-order chi connectivity index (χ1) is 21.8. The Morgan fingerprint density at radius 2 is 1.69 bits per heavy atom. The molecule has 0 saturated carbocycles. The van der Waals surface area contributed by atoms with Crippen molar-refractivity contribution in [3.8, 4) is 23.0 Å². The summed E-state index contributed by atoms with van der Waals surface area (Å²) in [6, 6.07) is 32.8. The SMILES string of the molecule is Cc1ccc(COc2ccc(-n3c(C)cc(C=Nn4c(-c5cc6cc(Cl)ccc6o5)nc5ccccc5c4=O)c3C)cc2)cc1. The summed E-state index contributed by atoms with van der Waals surface area (Å²) in [7, 11) is 0. The van der Waals surface area contributed by atoms with Gasteiger partial charge in [-0.05, 0) is 93.1 Å². The number of furan rings is 1. The van der Waals surface area contributed by atoms with Gasteiger partial charge < -0.3 is 13.7 Å². The van der Waals surface area contributed by atoms with Crippen LogP contribution in [0.5, 0.6) is 5.75 Å². The molecular formula is C37H29ClN4O3. The summed E-state index contributed by atoms with van der Waals surface area (Å²) in [4.78, 5) is 18.5. The van der Waals surface area contributed by atoms with E-state index in [0.717, 1.165) is 39.3 Å². The Bertz CT molecular complexity index is 2280. The van der Waals surface area contributed by atoms with Crippen molar-refractivity contribution in [2.24, 2.45) is 5.10 Å². The van der Waals surface area contributed by atoms with Crippen molar-refractivity contribution in [2.45, 2.75) is 27.4 Å². The molecule has 0 spiro atoms. The molecule has 0 saturated heterocycles. The zero-order chi connectivity index (χ0) is 31.1. The van der Waals surface area contributed by atoms with Gasteiger partial charge in [-0.2, -0.15) is 9.78 Å². The summed E-state index contributed by atoms with van der Waals surface area (Å²) in [5.74, 6) is 1.52. The molecule has 0 unspecified atom stereocenters. The maximum atomic E-state index is 13.7. The topological polar surface area (TPSA) is 74.6 Å². The fourth-order valence-electron chi connectivity index (χ4n) is 5.49. The molecule has 0 N–H and O–H groups in total. The minimum absolute atomic E-state index is 0.291. The Morgan fingerprint density at radius 1 is 0.911 bits per heavy atom. The number of ether oxygens (including phenoxy) is 1. The van der Waals surface area contributed by atoms with E-state index in [2.05, 4.69) is 40.9 Å². The van der Waals surface area contributed by atoms with Crippen LogP contribution in [-0.2, 0) is 6.61 Å². The smallest absolute Gasteiger partial charge is 0.282 e. The van der Waals surface area contributed by atoms with Crippen LogP contribution in [0.2, 0.25) is 5.02 Å². The van der Waals surface area contributed by atoms with E-state index in [-0.39, 0.29) is 5.56 Å². The largest absolute Gasteiger partial charge is 0.489 e. The molecule has 222 valence electrons. The maximum absolute atomic E-state index is 13.7. The number of halogens is 1. The highest BCUT2D eigenvalue weighted by atomic mass is 35.5. The van der Waals surface area contributed by atoms with Gasteiger partial charge in [-0.25, -0.2) is 4.98 Å². The first kappa shape index (κ1) is 28.4. The number of para-hydroxylation sites is 1. The van der Waals surface area contributed by atoms with E-state index < -0.39 is 0 Å². The van der Waals surface area contributed by atoms with Crippen LogP contribution in [0.3, 0.4) is 0 Å². The third-order valence-corrected chi connectivity index (χ3v) is 8.09. The fraction of sp³-hybridized carbons (Fsp3) is 0.108. The summed E-state index contributed by atoms with van der Waals surface area (Å²) in [5, 5.41) is 6.54. The van der Waals surface area contributed by atoms with E-state index in [1.807, 2.05) is 68.4 Å². The van der Waals surface area contributed by atoms with Crippen LogP contribution in [0.4, 0.5) is 0 Å². The van der Waals surface area contributed by atoms with Gasteiger partial charge in [0.05, 0.1) is 17.1 Å². The summed E-state index contributed by atoms with van der Waals surface area (Å²) in [5.41, 5.74) is 7.14. The van der Waals surface area contributed by atoms with Crippen molar-refractivity contribution < 1.29 is 9.15 Å². The number of hydrogen-bond acceptors (Lipinski definition) is 5. The van der Waals surface area contributed by atoms with E-state index in [1.54, 1.807) is 30.5 Å². The molecule has 45 heavy (non-hydrogen) atoms. The van der Waals surface area contributed by atoms with E-state index >= 15 is 0 Å². The van der Waals surface area contributed by atoms with E-state index in [1.165, 1.54) is 10.2 Å². The van der Waals surface area contributed by atoms with E-state index in [9.17, 15) is 4.79 Å². The second-order valence-electron chi connectivity index (χ2n) is 11.0. The van der Waals surface area contributed by atoms with Gasteiger partial charge in [-0.15, -0.1) is 0 Å². The number of hydrogen-bond donors (Lipinski definition) is 0. The molecule has 4 aromatic carbocycles. The Labute approximate surface area is 264 Å². The molecular weight excluding hydrogens is 584 g/mol.